The monoisotopic (exact) mass is 215 g/mol. The van der Waals surface area contributed by atoms with E-state index < -0.39 is 10.3 Å². The van der Waals surface area contributed by atoms with Crippen LogP contribution in [0.4, 0.5) is 5.69 Å². The van der Waals surface area contributed by atoms with Crippen LogP contribution < -0.4 is 4.31 Å². The summed E-state index contributed by atoms with van der Waals surface area (Å²) in [5, 5.41) is 0. The number of hydrogen-bond acceptors (Lipinski definition) is 3. The largest absolute Gasteiger partial charge is 0.366 e. The standard InChI is InChI=1S/C8H9NO4S/c1-7-2-4-8(5-3-7)9(6-10)14(11,12)13/h2-6H,1H3,(H,11,12,13). The molecule has 14 heavy (non-hydrogen) atoms. The maximum Gasteiger partial charge on any atom is 0.366 e. The molecule has 1 aromatic carbocycles. The van der Waals surface area contributed by atoms with Crippen molar-refractivity contribution in [2.45, 2.75) is 6.92 Å². The molecule has 0 saturated heterocycles. The van der Waals surface area contributed by atoms with E-state index in [0.717, 1.165) is 5.56 Å². The predicted octanol–water partition coefficient (Wildman–Crippen LogP) is 0.761. The molecule has 0 radical (unpaired) electrons. The Bertz CT molecular complexity index is 423. The molecule has 0 aromatic heterocycles. The van der Waals surface area contributed by atoms with Crippen molar-refractivity contribution >= 4 is 22.4 Å². The van der Waals surface area contributed by atoms with Crippen LogP contribution in [0.5, 0.6) is 0 Å². The van der Waals surface area contributed by atoms with E-state index in [1.54, 1.807) is 12.1 Å². The minimum absolute atomic E-state index is 0.0417. The molecule has 5 nitrogen and oxygen atoms in total. The van der Waals surface area contributed by atoms with Gasteiger partial charge in [-0.2, -0.15) is 12.7 Å². The Kier molecular flexibility index (Phi) is 2.87. The third kappa shape index (κ3) is 2.30. The van der Waals surface area contributed by atoms with Gasteiger partial charge >= 0.3 is 10.3 Å². The van der Waals surface area contributed by atoms with Gasteiger partial charge in [-0.25, -0.2) is 0 Å². The summed E-state index contributed by atoms with van der Waals surface area (Å²) in [5.41, 5.74) is 1.03. The first-order valence-electron chi connectivity index (χ1n) is 3.74. The second-order valence-corrected chi connectivity index (χ2v) is 4.00. The van der Waals surface area contributed by atoms with Crippen LogP contribution >= 0.6 is 0 Å². The number of benzene rings is 1. The first kappa shape index (κ1) is 10.7. The highest BCUT2D eigenvalue weighted by atomic mass is 32.2. The molecule has 0 bridgehead atoms. The van der Waals surface area contributed by atoms with Gasteiger partial charge in [-0.15, -0.1) is 0 Å². The van der Waals surface area contributed by atoms with Crippen LogP contribution in [-0.2, 0) is 15.1 Å². The van der Waals surface area contributed by atoms with Gasteiger partial charge < -0.3 is 0 Å². The second-order valence-electron chi connectivity index (χ2n) is 2.71. The van der Waals surface area contributed by atoms with Crippen molar-refractivity contribution in [2.24, 2.45) is 0 Å². The average Bonchev–Trinajstić information content (AvgIpc) is 2.07. The number of carbonyl (C=O) groups excluding carboxylic acids is 1. The summed E-state index contributed by atoms with van der Waals surface area (Å²) in [6.45, 7) is 1.82. The van der Waals surface area contributed by atoms with E-state index in [-0.39, 0.29) is 16.4 Å². The minimum Gasteiger partial charge on any atom is -0.277 e. The first-order valence-corrected chi connectivity index (χ1v) is 5.13. The first-order chi connectivity index (χ1) is 6.45. The van der Waals surface area contributed by atoms with Crippen LogP contribution in [0.15, 0.2) is 24.3 Å². The zero-order chi connectivity index (χ0) is 10.8. The number of amides is 1. The van der Waals surface area contributed by atoms with Crippen molar-refractivity contribution in [3.05, 3.63) is 29.8 Å². The summed E-state index contributed by atoms with van der Waals surface area (Å²) in [5.74, 6) is 0. The zero-order valence-electron chi connectivity index (χ0n) is 7.41. The fraction of sp³-hybridized carbons (Fsp3) is 0.125. The zero-order valence-corrected chi connectivity index (χ0v) is 8.23. The molecule has 1 aromatic rings. The molecule has 0 aliphatic carbocycles. The topological polar surface area (TPSA) is 74.7 Å². The van der Waals surface area contributed by atoms with Crippen molar-refractivity contribution in [2.75, 3.05) is 4.31 Å². The van der Waals surface area contributed by atoms with E-state index in [2.05, 4.69) is 0 Å². The quantitative estimate of drug-likeness (QED) is 0.596. The Morgan fingerprint density at radius 2 is 1.79 bits per heavy atom. The number of carbonyl (C=O) groups is 1. The van der Waals surface area contributed by atoms with Crippen LogP contribution in [-0.4, -0.2) is 19.4 Å². The van der Waals surface area contributed by atoms with Crippen molar-refractivity contribution < 1.29 is 17.8 Å². The smallest absolute Gasteiger partial charge is 0.277 e. The van der Waals surface area contributed by atoms with E-state index in [1.807, 2.05) is 6.92 Å². The lowest BCUT2D eigenvalue weighted by atomic mass is 10.2. The molecule has 1 N–H and O–H groups in total. The third-order valence-corrected chi connectivity index (χ3v) is 2.43. The average molecular weight is 215 g/mol. The van der Waals surface area contributed by atoms with Gasteiger partial charge in [0, 0.05) is 0 Å². The highest BCUT2D eigenvalue weighted by molar-refractivity contribution is 7.88. The lowest BCUT2D eigenvalue weighted by molar-refractivity contribution is -0.106. The number of anilines is 1. The molecule has 0 spiro atoms. The van der Waals surface area contributed by atoms with Crippen LogP contribution in [0.3, 0.4) is 0 Å². The van der Waals surface area contributed by atoms with Crippen LogP contribution in [0.25, 0.3) is 0 Å². The minimum atomic E-state index is -4.52. The van der Waals surface area contributed by atoms with Crippen LogP contribution in [0.2, 0.25) is 0 Å². The summed E-state index contributed by atoms with van der Waals surface area (Å²) in [6, 6.07) is 6.13. The van der Waals surface area contributed by atoms with Gasteiger partial charge in [0.1, 0.15) is 0 Å². The van der Waals surface area contributed by atoms with Crippen molar-refractivity contribution in [3.63, 3.8) is 0 Å². The molecule has 0 fully saturated rings. The molecular formula is C8H9NO4S. The summed E-state index contributed by atoms with van der Waals surface area (Å²) in [7, 11) is -4.52. The van der Waals surface area contributed by atoms with Gasteiger partial charge in [-0.3, -0.25) is 9.35 Å². The lowest BCUT2D eigenvalue weighted by Crippen LogP contribution is -2.28. The summed E-state index contributed by atoms with van der Waals surface area (Å²) < 4.78 is 30.3. The van der Waals surface area contributed by atoms with Crippen LogP contribution in [0.1, 0.15) is 5.56 Å². The fourth-order valence-electron chi connectivity index (χ4n) is 0.940. The normalized spacial score (nSPS) is 11.0. The SMILES string of the molecule is Cc1ccc(N(C=O)S(=O)(=O)O)cc1. The molecule has 1 amide bonds. The van der Waals surface area contributed by atoms with Crippen molar-refractivity contribution in [1.82, 2.24) is 0 Å². The fourth-order valence-corrected chi connectivity index (χ4v) is 1.44. The number of hydrogen-bond donors (Lipinski definition) is 1. The summed E-state index contributed by atoms with van der Waals surface area (Å²) in [6.07, 6.45) is 0.0417. The highest BCUT2D eigenvalue weighted by Crippen LogP contribution is 2.15. The molecule has 0 aliphatic rings. The third-order valence-electron chi connectivity index (χ3n) is 1.63. The number of nitrogens with zero attached hydrogens (tertiary/aromatic N) is 1. The van der Waals surface area contributed by atoms with Crippen LogP contribution in [0, 0.1) is 6.92 Å². The van der Waals surface area contributed by atoms with E-state index in [9.17, 15) is 13.2 Å². The molecule has 76 valence electrons. The molecule has 6 heteroatoms. The lowest BCUT2D eigenvalue weighted by Gasteiger charge is -2.12. The van der Waals surface area contributed by atoms with Crippen molar-refractivity contribution in [1.29, 1.82) is 0 Å². The predicted molar refractivity (Wildman–Crippen MR) is 51.3 cm³/mol. The Balaban J connectivity index is 3.15. The molecule has 0 aliphatic heterocycles. The van der Waals surface area contributed by atoms with Gasteiger partial charge in [0.2, 0.25) is 6.41 Å². The van der Waals surface area contributed by atoms with E-state index in [1.165, 1.54) is 12.1 Å². The Labute approximate surface area is 81.8 Å². The molecule has 1 rings (SSSR count). The van der Waals surface area contributed by atoms with E-state index in [4.69, 9.17) is 4.55 Å². The maximum absolute atomic E-state index is 10.7. The molecule has 0 atom stereocenters. The molecular weight excluding hydrogens is 206 g/mol. The highest BCUT2D eigenvalue weighted by Gasteiger charge is 2.17. The van der Waals surface area contributed by atoms with Gasteiger partial charge in [-0.1, -0.05) is 17.7 Å². The van der Waals surface area contributed by atoms with Gasteiger partial charge in [-0.05, 0) is 19.1 Å². The summed E-state index contributed by atoms with van der Waals surface area (Å²) in [4.78, 5) is 10.4. The van der Waals surface area contributed by atoms with Gasteiger partial charge in [0.15, 0.2) is 0 Å². The number of rotatable bonds is 3. The Morgan fingerprint density at radius 1 is 1.29 bits per heavy atom. The molecule has 0 heterocycles. The molecule has 0 saturated carbocycles. The van der Waals surface area contributed by atoms with Gasteiger partial charge in [0.05, 0.1) is 5.69 Å². The summed E-state index contributed by atoms with van der Waals surface area (Å²) >= 11 is 0. The molecule has 0 unspecified atom stereocenters. The maximum atomic E-state index is 10.7. The van der Waals surface area contributed by atoms with E-state index >= 15 is 0 Å². The van der Waals surface area contributed by atoms with Gasteiger partial charge in [0.25, 0.3) is 0 Å². The Hall–Kier alpha value is -1.40. The Morgan fingerprint density at radius 3 is 2.14 bits per heavy atom. The second kappa shape index (κ2) is 3.77. The van der Waals surface area contributed by atoms with Crippen molar-refractivity contribution in [3.8, 4) is 0 Å². The number of aryl methyl sites for hydroxylation is 1. The van der Waals surface area contributed by atoms with E-state index in [0.29, 0.717) is 0 Å².